The van der Waals surface area contributed by atoms with Gasteiger partial charge in [-0.1, -0.05) is 30.3 Å². The minimum Gasteiger partial charge on any atom is -0.618 e. The predicted octanol–water partition coefficient (Wildman–Crippen LogP) is 3.62. The zero-order chi connectivity index (χ0) is 12.4. The lowest BCUT2D eigenvalue weighted by atomic mass is 10.1. The van der Waals surface area contributed by atoms with E-state index in [4.69, 9.17) is 0 Å². The van der Waals surface area contributed by atoms with Gasteiger partial charge in [-0.2, -0.15) is 4.73 Å². The standard InChI is InChI=1S/C15H11NOS/c17-16-10-4-3-7-15(16)18-14-9-8-12-5-1-2-6-13(12)11-14/h1-11H. The van der Waals surface area contributed by atoms with Crippen molar-refractivity contribution < 1.29 is 4.73 Å². The molecule has 0 saturated carbocycles. The molecule has 2 aromatic carbocycles. The van der Waals surface area contributed by atoms with Crippen molar-refractivity contribution >= 4 is 22.5 Å². The summed E-state index contributed by atoms with van der Waals surface area (Å²) in [4.78, 5) is 1.07. The second-order valence-electron chi connectivity index (χ2n) is 3.98. The fourth-order valence-electron chi connectivity index (χ4n) is 1.84. The van der Waals surface area contributed by atoms with Crippen LogP contribution in [0.2, 0.25) is 0 Å². The SMILES string of the molecule is [O-][n+]1ccccc1Sc1ccc2ccccc2c1. The lowest BCUT2D eigenvalue weighted by molar-refractivity contribution is -0.645. The maximum atomic E-state index is 11.6. The van der Waals surface area contributed by atoms with Crippen molar-refractivity contribution in [1.29, 1.82) is 0 Å². The highest BCUT2D eigenvalue weighted by molar-refractivity contribution is 7.99. The second kappa shape index (κ2) is 4.70. The van der Waals surface area contributed by atoms with Crippen molar-refractivity contribution in [1.82, 2.24) is 0 Å². The minimum absolute atomic E-state index is 0.688. The summed E-state index contributed by atoms with van der Waals surface area (Å²) >= 11 is 1.48. The smallest absolute Gasteiger partial charge is 0.256 e. The molecule has 0 saturated heterocycles. The normalized spacial score (nSPS) is 10.7. The van der Waals surface area contributed by atoms with Gasteiger partial charge in [0, 0.05) is 17.0 Å². The average molecular weight is 253 g/mol. The first-order valence-electron chi connectivity index (χ1n) is 5.68. The molecule has 0 aliphatic rings. The highest BCUT2D eigenvalue weighted by atomic mass is 32.2. The van der Waals surface area contributed by atoms with Gasteiger partial charge in [0.2, 0.25) is 0 Å². The fourth-order valence-corrected chi connectivity index (χ4v) is 2.70. The fraction of sp³-hybridized carbons (Fsp3) is 0. The zero-order valence-corrected chi connectivity index (χ0v) is 10.4. The monoisotopic (exact) mass is 253 g/mol. The van der Waals surface area contributed by atoms with E-state index in [1.165, 1.54) is 28.7 Å². The molecule has 0 spiro atoms. The predicted molar refractivity (Wildman–Crippen MR) is 73.5 cm³/mol. The maximum Gasteiger partial charge on any atom is 0.256 e. The summed E-state index contributed by atoms with van der Waals surface area (Å²) in [6.07, 6.45) is 1.52. The van der Waals surface area contributed by atoms with Crippen LogP contribution in [0.1, 0.15) is 0 Å². The molecule has 18 heavy (non-hydrogen) atoms. The van der Waals surface area contributed by atoms with Crippen LogP contribution in [0.3, 0.4) is 0 Å². The van der Waals surface area contributed by atoms with Gasteiger partial charge in [-0.3, -0.25) is 0 Å². The molecule has 0 N–H and O–H groups in total. The topological polar surface area (TPSA) is 26.9 Å². The molecule has 88 valence electrons. The van der Waals surface area contributed by atoms with Gasteiger partial charge in [0.1, 0.15) is 0 Å². The number of hydrogen-bond donors (Lipinski definition) is 0. The largest absolute Gasteiger partial charge is 0.618 e. The third-order valence-electron chi connectivity index (χ3n) is 2.73. The van der Waals surface area contributed by atoms with E-state index in [1.807, 2.05) is 30.3 Å². The van der Waals surface area contributed by atoms with Crippen molar-refractivity contribution in [2.24, 2.45) is 0 Å². The number of nitrogens with zero attached hydrogens (tertiary/aromatic N) is 1. The number of aromatic nitrogens is 1. The quantitative estimate of drug-likeness (QED) is 0.515. The van der Waals surface area contributed by atoms with Crippen molar-refractivity contribution in [3.05, 3.63) is 72.1 Å². The van der Waals surface area contributed by atoms with Crippen LogP contribution in [0, 0.1) is 5.21 Å². The summed E-state index contributed by atoms with van der Waals surface area (Å²) in [7, 11) is 0. The first-order chi connectivity index (χ1) is 8.83. The molecule has 0 radical (unpaired) electrons. The third kappa shape index (κ3) is 2.17. The molecular weight excluding hydrogens is 242 g/mol. The first-order valence-corrected chi connectivity index (χ1v) is 6.49. The van der Waals surface area contributed by atoms with Gasteiger partial charge in [-0.25, -0.2) is 0 Å². The Morgan fingerprint density at radius 2 is 1.61 bits per heavy atom. The molecule has 0 amide bonds. The molecular formula is C15H11NOS. The van der Waals surface area contributed by atoms with Gasteiger partial charge in [-0.15, -0.1) is 0 Å². The number of benzene rings is 2. The van der Waals surface area contributed by atoms with E-state index in [2.05, 4.69) is 24.3 Å². The van der Waals surface area contributed by atoms with E-state index in [-0.39, 0.29) is 0 Å². The van der Waals surface area contributed by atoms with Crippen LogP contribution < -0.4 is 4.73 Å². The van der Waals surface area contributed by atoms with Crippen LogP contribution in [0.5, 0.6) is 0 Å². The Labute approximate surface area is 109 Å². The van der Waals surface area contributed by atoms with E-state index in [0.29, 0.717) is 5.03 Å². The van der Waals surface area contributed by atoms with Crippen LogP contribution in [-0.2, 0) is 0 Å². The lowest BCUT2D eigenvalue weighted by Crippen LogP contribution is -2.27. The third-order valence-corrected chi connectivity index (χ3v) is 3.75. The van der Waals surface area contributed by atoms with Gasteiger partial charge < -0.3 is 5.21 Å². The lowest BCUT2D eigenvalue weighted by Gasteiger charge is -2.04. The minimum atomic E-state index is 0.688. The summed E-state index contributed by atoms with van der Waals surface area (Å²) < 4.78 is 0.889. The van der Waals surface area contributed by atoms with Crippen LogP contribution in [-0.4, -0.2) is 0 Å². The molecule has 2 nitrogen and oxygen atoms in total. The van der Waals surface area contributed by atoms with Gasteiger partial charge in [0.05, 0.1) is 0 Å². The molecule has 0 aliphatic carbocycles. The van der Waals surface area contributed by atoms with Crippen molar-refractivity contribution in [2.45, 2.75) is 9.92 Å². The molecule has 1 heterocycles. The molecule has 0 bridgehead atoms. The van der Waals surface area contributed by atoms with E-state index >= 15 is 0 Å². The summed E-state index contributed by atoms with van der Waals surface area (Å²) in [6.45, 7) is 0. The average Bonchev–Trinajstić information content (AvgIpc) is 2.41. The molecule has 3 heteroatoms. The Morgan fingerprint density at radius 3 is 2.44 bits per heavy atom. The Hall–Kier alpha value is -2.00. The van der Waals surface area contributed by atoms with Crippen molar-refractivity contribution in [3.63, 3.8) is 0 Å². The Bertz CT molecular complexity index is 697. The number of pyridine rings is 1. The van der Waals surface area contributed by atoms with Crippen LogP contribution in [0.15, 0.2) is 76.8 Å². The summed E-state index contributed by atoms with van der Waals surface area (Å²) in [5.41, 5.74) is 0. The Balaban J connectivity index is 1.98. The van der Waals surface area contributed by atoms with Crippen LogP contribution >= 0.6 is 11.8 Å². The van der Waals surface area contributed by atoms with Gasteiger partial charge in [0.15, 0.2) is 6.20 Å². The summed E-state index contributed by atoms with van der Waals surface area (Å²) in [5.74, 6) is 0. The molecule has 0 aliphatic heterocycles. The zero-order valence-electron chi connectivity index (χ0n) is 9.61. The van der Waals surface area contributed by atoms with Crippen LogP contribution in [0.25, 0.3) is 10.8 Å². The van der Waals surface area contributed by atoms with Crippen LogP contribution in [0.4, 0.5) is 0 Å². The Morgan fingerprint density at radius 1 is 0.833 bits per heavy atom. The molecule has 0 atom stereocenters. The molecule has 3 rings (SSSR count). The maximum absolute atomic E-state index is 11.6. The Kier molecular flexibility index (Phi) is 2.90. The number of hydrogen-bond acceptors (Lipinski definition) is 2. The van der Waals surface area contributed by atoms with E-state index in [1.54, 1.807) is 6.07 Å². The van der Waals surface area contributed by atoms with E-state index in [9.17, 15) is 5.21 Å². The molecule has 0 fully saturated rings. The van der Waals surface area contributed by atoms with E-state index in [0.717, 1.165) is 9.63 Å². The highest BCUT2D eigenvalue weighted by Gasteiger charge is 2.06. The number of fused-ring (bicyclic) bond motifs is 1. The first kappa shape index (κ1) is 11.1. The van der Waals surface area contributed by atoms with Gasteiger partial charge in [0.25, 0.3) is 5.03 Å². The highest BCUT2D eigenvalue weighted by Crippen LogP contribution is 2.27. The summed E-state index contributed by atoms with van der Waals surface area (Å²) in [6, 6.07) is 19.9. The second-order valence-corrected chi connectivity index (χ2v) is 5.07. The van der Waals surface area contributed by atoms with E-state index < -0.39 is 0 Å². The van der Waals surface area contributed by atoms with Gasteiger partial charge in [-0.05, 0) is 40.7 Å². The molecule has 1 aromatic heterocycles. The van der Waals surface area contributed by atoms with Gasteiger partial charge >= 0.3 is 0 Å². The summed E-state index contributed by atoms with van der Waals surface area (Å²) in [5, 5.41) is 14.7. The molecule has 3 aromatic rings. The van der Waals surface area contributed by atoms with Crippen molar-refractivity contribution in [3.8, 4) is 0 Å². The van der Waals surface area contributed by atoms with Crippen molar-refractivity contribution in [2.75, 3.05) is 0 Å². The molecule has 0 unspecified atom stereocenters. The number of rotatable bonds is 2.